The largest absolute Gasteiger partial charge is 0.513 e. The summed E-state index contributed by atoms with van der Waals surface area (Å²) < 4.78 is 21.5. The lowest BCUT2D eigenvalue weighted by Gasteiger charge is -2.43. The summed E-state index contributed by atoms with van der Waals surface area (Å²) in [6, 6.07) is 8.15. The standard InChI is InChI=1S/C22H30N2O5.C21H28N2O5/c1-7-28-21(26)29-19-18(17-15(3)12-14(2)13-16(17)4)20(25)23(5)22(19)8-10-24(27-6)11-9-22;1-6-27-20(25)28-18-17(16-14(3)11-13(2)12-15(16)4)19(24)22-21(18)7-9-23(26-5)10-8-21/h12-13H,7-11H2,1-6H3;11-12H,6-10H2,1-5H3,(H,22,24). The van der Waals surface area contributed by atoms with Gasteiger partial charge in [-0.05, 0) is 114 Å². The van der Waals surface area contributed by atoms with Crippen molar-refractivity contribution in [3.8, 4) is 0 Å². The molecule has 2 amide bonds. The van der Waals surface area contributed by atoms with E-state index in [9.17, 15) is 19.2 Å². The molecule has 0 aliphatic carbocycles. The van der Waals surface area contributed by atoms with Crippen LogP contribution in [0.15, 0.2) is 35.8 Å². The topological polar surface area (TPSA) is 145 Å². The number of piperidine rings is 2. The van der Waals surface area contributed by atoms with Crippen molar-refractivity contribution >= 4 is 35.3 Å². The van der Waals surface area contributed by atoms with Crippen LogP contribution in [0, 0.1) is 41.5 Å². The van der Waals surface area contributed by atoms with Crippen molar-refractivity contribution in [2.24, 2.45) is 0 Å². The minimum atomic E-state index is -0.789. The number of nitrogens with zero attached hydrogens (tertiary/aromatic N) is 3. The summed E-state index contributed by atoms with van der Waals surface area (Å²) in [6.07, 6.45) is 0.793. The first-order valence-corrected chi connectivity index (χ1v) is 19.6. The SMILES string of the molecule is CCOC(=O)OC1=C(c2c(C)cc(C)cc2C)C(=O)N(C)C12CCN(OC)CC2.CCOC(=O)OC1=C(c2c(C)cc(C)cc2C)C(=O)NC12CCN(OC)CC2. The zero-order chi connectivity index (χ0) is 41.8. The van der Waals surface area contributed by atoms with E-state index in [1.165, 1.54) is 0 Å². The molecule has 0 saturated carbocycles. The van der Waals surface area contributed by atoms with Crippen LogP contribution in [-0.4, -0.2) is 111 Å². The van der Waals surface area contributed by atoms with Crippen molar-refractivity contribution in [2.45, 2.75) is 92.2 Å². The van der Waals surface area contributed by atoms with E-state index >= 15 is 0 Å². The minimum absolute atomic E-state index is 0.134. The van der Waals surface area contributed by atoms with Crippen LogP contribution >= 0.6 is 0 Å². The summed E-state index contributed by atoms with van der Waals surface area (Å²) in [4.78, 5) is 63.5. The maximum Gasteiger partial charge on any atom is 0.513 e. The van der Waals surface area contributed by atoms with Gasteiger partial charge >= 0.3 is 12.3 Å². The predicted molar refractivity (Wildman–Crippen MR) is 213 cm³/mol. The normalized spacial score (nSPS) is 19.2. The summed E-state index contributed by atoms with van der Waals surface area (Å²) in [6.45, 7) is 18.3. The van der Waals surface area contributed by atoms with Crippen LogP contribution in [-0.2, 0) is 38.2 Å². The van der Waals surface area contributed by atoms with E-state index in [0.717, 1.165) is 44.5 Å². The molecule has 2 fully saturated rings. The number of nitrogens with one attached hydrogen (secondary N) is 1. The highest BCUT2D eigenvalue weighted by Gasteiger charge is 2.55. The third kappa shape index (κ3) is 8.59. The highest BCUT2D eigenvalue weighted by molar-refractivity contribution is 6.25. The number of hydroxylamine groups is 4. The molecule has 4 heterocycles. The molecule has 6 rings (SSSR count). The lowest BCUT2D eigenvalue weighted by atomic mass is 9.84. The third-order valence-corrected chi connectivity index (χ3v) is 11.4. The van der Waals surface area contributed by atoms with Crippen LogP contribution in [0.5, 0.6) is 0 Å². The lowest BCUT2D eigenvalue weighted by molar-refractivity contribution is -0.162. The number of hydrogen-bond acceptors (Lipinski definition) is 12. The van der Waals surface area contributed by atoms with Crippen LogP contribution in [0.4, 0.5) is 9.59 Å². The number of benzene rings is 2. The minimum Gasteiger partial charge on any atom is -0.434 e. The number of hydrogen-bond donors (Lipinski definition) is 1. The number of rotatable bonds is 8. The van der Waals surface area contributed by atoms with Gasteiger partial charge in [-0.3, -0.25) is 9.59 Å². The second-order valence-corrected chi connectivity index (χ2v) is 15.2. The van der Waals surface area contributed by atoms with Gasteiger partial charge in [-0.25, -0.2) is 9.59 Å². The first-order chi connectivity index (χ1) is 27.1. The molecule has 310 valence electrons. The number of aryl methyl sites for hydroxylation is 6. The zero-order valence-corrected chi connectivity index (χ0v) is 35.3. The number of carbonyl (C=O) groups is 4. The van der Waals surface area contributed by atoms with Crippen molar-refractivity contribution in [3.63, 3.8) is 0 Å². The van der Waals surface area contributed by atoms with Gasteiger partial charge in [-0.1, -0.05) is 35.4 Å². The molecule has 0 radical (unpaired) electrons. The monoisotopic (exact) mass is 790 g/mol. The average molecular weight is 791 g/mol. The fourth-order valence-electron chi connectivity index (χ4n) is 8.88. The van der Waals surface area contributed by atoms with Gasteiger partial charge in [0.1, 0.15) is 11.1 Å². The van der Waals surface area contributed by atoms with Gasteiger partial charge in [0.05, 0.1) is 38.6 Å². The number of ether oxygens (including phenoxy) is 4. The fraction of sp³-hybridized carbons (Fsp3) is 0.535. The molecule has 0 bridgehead atoms. The predicted octanol–water partition coefficient (Wildman–Crippen LogP) is 6.39. The maximum atomic E-state index is 13.5. The first-order valence-electron chi connectivity index (χ1n) is 19.6. The molecule has 57 heavy (non-hydrogen) atoms. The van der Waals surface area contributed by atoms with E-state index in [1.54, 1.807) is 40.0 Å². The number of carbonyl (C=O) groups excluding carboxylic acids is 4. The van der Waals surface area contributed by atoms with Crippen molar-refractivity contribution in [2.75, 3.05) is 60.7 Å². The Morgan fingerprint density at radius 2 is 1.05 bits per heavy atom. The van der Waals surface area contributed by atoms with Crippen molar-refractivity contribution in [3.05, 3.63) is 80.3 Å². The van der Waals surface area contributed by atoms with Crippen LogP contribution in [0.1, 0.15) is 84.0 Å². The smallest absolute Gasteiger partial charge is 0.434 e. The molecule has 14 heteroatoms. The van der Waals surface area contributed by atoms with E-state index in [2.05, 4.69) is 5.32 Å². The maximum absolute atomic E-state index is 13.5. The summed E-state index contributed by atoms with van der Waals surface area (Å²) >= 11 is 0. The van der Waals surface area contributed by atoms with Gasteiger partial charge in [0.2, 0.25) is 0 Å². The van der Waals surface area contributed by atoms with E-state index in [0.29, 0.717) is 74.5 Å². The van der Waals surface area contributed by atoms with E-state index in [4.69, 9.17) is 28.6 Å². The third-order valence-electron chi connectivity index (χ3n) is 11.4. The molecule has 0 atom stereocenters. The second kappa shape index (κ2) is 17.8. The molecule has 2 aromatic rings. The quantitative estimate of drug-likeness (QED) is 0.296. The van der Waals surface area contributed by atoms with Gasteiger partial charge in [0.25, 0.3) is 11.8 Å². The van der Waals surface area contributed by atoms with Crippen molar-refractivity contribution < 1.29 is 47.8 Å². The summed E-state index contributed by atoms with van der Waals surface area (Å²) in [5, 5.41) is 6.79. The molecular weight excluding hydrogens is 732 g/mol. The second-order valence-electron chi connectivity index (χ2n) is 15.2. The van der Waals surface area contributed by atoms with Crippen LogP contribution in [0.25, 0.3) is 11.1 Å². The molecule has 4 aliphatic rings. The molecule has 0 aromatic heterocycles. The molecule has 2 aromatic carbocycles. The fourth-order valence-corrected chi connectivity index (χ4v) is 8.88. The van der Waals surface area contributed by atoms with Crippen molar-refractivity contribution in [1.82, 2.24) is 20.3 Å². The van der Waals surface area contributed by atoms with Crippen LogP contribution in [0.2, 0.25) is 0 Å². The van der Waals surface area contributed by atoms with Gasteiger partial charge in [0.15, 0.2) is 11.5 Å². The Bertz CT molecular complexity index is 1910. The Morgan fingerprint density at radius 3 is 1.47 bits per heavy atom. The number of amides is 2. The van der Waals surface area contributed by atoms with E-state index in [1.807, 2.05) is 75.9 Å². The Labute approximate surface area is 335 Å². The highest BCUT2D eigenvalue weighted by Crippen LogP contribution is 2.48. The summed E-state index contributed by atoms with van der Waals surface area (Å²) in [5.41, 5.74) is 7.24. The highest BCUT2D eigenvalue weighted by atomic mass is 16.7. The van der Waals surface area contributed by atoms with Crippen LogP contribution in [0.3, 0.4) is 0 Å². The first kappa shape index (κ1) is 43.4. The Kier molecular flexibility index (Phi) is 13.5. The van der Waals surface area contributed by atoms with E-state index in [-0.39, 0.29) is 25.0 Å². The Balaban J connectivity index is 0.000000218. The lowest BCUT2D eigenvalue weighted by Crippen LogP contribution is -2.53. The van der Waals surface area contributed by atoms with Crippen LogP contribution < -0.4 is 5.32 Å². The summed E-state index contributed by atoms with van der Waals surface area (Å²) in [7, 11) is 5.05. The van der Waals surface area contributed by atoms with Gasteiger partial charge in [-0.15, -0.1) is 0 Å². The number of likely N-dealkylation sites (N-methyl/N-ethyl adjacent to an activating group) is 1. The average Bonchev–Trinajstić information content (AvgIpc) is 3.50. The molecule has 2 saturated heterocycles. The van der Waals surface area contributed by atoms with Crippen molar-refractivity contribution in [1.29, 1.82) is 0 Å². The molecule has 14 nitrogen and oxygen atoms in total. The van der Waals surface area contributed by atoms with Gasteiger partial charge < -0.3 is 38.8 Å². The summed E-state index contributed by atoms with van der Waals surface area (Å²) in [5.74, 6) is 0.404. The van der Waals surface area contributed by atoms with E-state index < -0.39 is 23.4 Å². The Hall–Kier alpha value is -4.76. The zero-order valence-electron chi connectivity index (χ0n) is 35.3. The Morgan fingerprint density at radius 1 is 0.649 bits per heavy atom. The molecule has 1 N–H and O–H groups in total. The molecule has 0 unspecified atom stereocenters. The van der Waals surface area contributed by atoms with Gasteiger partial charge in [0, 0.05) is 33.2 Å². The molecule has 2 spiro atoms. The molecule has 4 aliphatic heterocycles. The van der Waals surface area contributed by atoms with Gasteiger partial charge in [-0.2, -0.15) is 10.1 Å². The molecular formula is C43H58N4O10.